The minimum absolute atomic E-state index is 0.186. The molecule has 30 heavy (non-hydrogen) atoms. The predicted molar refractivity (Wildman–Crippen MR) is 120 cm³/mol. The number of unbranched alkanes of at least 4 members (excludes halogenated alkanes) is 1. The monoisotopic (exact) mass is 446 g/mol. The number of nitrogens with one attached hydrogen (secondary N) is 1. The highest BCUT2D eigenvalue weighted by molar-refractivity contribution is 7.22. The Labute approximate surface area is 184 Å². The van der Waals surface area contributed by atoms with Crippen LogP contribution in [0.25, 0.3) is 10.2 Å². The molecule has 0 saturated carbocycles. The molecule has 0 unspecified atom stereocenters. The summed E-state index contributed by atoms with van der Waals surface area (Å²) in [5.41, 5.74) is 3.05. The van der Waals surface area contributed by atoms with Crippen LogP contribution in [-0.2, 0) is 9.53 Å². The van der Waals surface area contributed by atoms with Crippen molar-refractivity contribution in [2.24, 2.45) is 0 Å². The van der Waals surface area contributed by atoms with Gasteiger partial charge in [0.25, 0.3) is 5.91 Å². The molecule has 0 aliphatic heterocycles. The molecule has 2 aromatic carbocycles. The van der Waals surface area contributed by atoms with Crippen molar-refractivity contribution >= 4 is 50.2 Å². The highest BCUT2D eigenvalue weighted by Gasteiger charge is 2.14. The summed E-state index contributed by atoms with van der Waals surface area (Å²) in [7, 11) is 0. The standard InChI is InChI=1S/C22H23ClN2O4S/c1-4-5-8-28-21(27)15-6-7-17-18(11-15)30-22(24-17)25-19(26)12-29-20-14(3)9-13(2)10-16(20)23/h6-7,9-11H,4-5,8,12H2,1-3H3,(H,24,25,26). The minimum Gasteiger partial charge on any atom is -0.482 e. The third-order valence-corrected chi connectivity index (χ3v) is 5.54. The average molecular weight is 447 g/mol. The van der Waals surface area contributed by atoms with E-state index in [2.05, 4.69) is 10.3 Å². The van der Waals surface area contributed by atoms with E-state index in [0.29, 0.717) is 33.6 Å². The fraction of sp³-hybridized carbons (Fsp3) is 0.318. The van der Waals surface area contributed by atoms with Gasteiger partial charge in [-0.2, -0.15) is 0 Å². The van der Waals surface area contributed by atoms with Crippen molar-refractivity contribution in [1.29, 1.82) is 0 Å². The summed E-state index contributed by atoms with van der Waals surface area (Å²) in [5, 5.41) is 3.63. The Morgan fingerprint density at radius 3 is 2.73 bits per heavy atom. The molecule has 1 heterocycles. The van der Waals surface area contributed by atoms with E-state index in [0.717, 1.165) is 28.7 Å². The highest BCUT2D eigenvalue weighted by atomic mass is 35.5. The van der Waals surface area contributed by atoms with Crippen LogP contribution < -0.4 is 10.1 Å². The van der Waals surface area contributed by atoms with Gasteiger partial charge in [0.1, 0.15) is 5.75 Å². The normalized spacial score (nSPS) is 10.8. The molecule has 1 N–H and O–H groups in total. The van der Waals surface area contributed by atoms with Gasteiger partial charge < -0.3 is 9.47 Å². The van der Waals surface area contributed by atoms with Gasteiger partial charge in [0, 0.05) is 0 Å². The number of thiazole rings is 1. The Kier molecular flexibility index (Phi) is 7.29. The Morgan fingerprint density at radius 2 is 2.00 bits per heavy atom. The van der Waals surface area contributed by atoms with Gasteiger partial charge in [-0.25, -0.2) is 9.78 Å². The first-order valence-corrected chi connectivity index (χ1v) is 10.8. The van der Waals surface area contributed by atoms with Gasteiger partial charge in [-0.3, -0.25) is 10.1 Å². The minimum atomic E-state index is -0.358. The van der Waals surface area contributed by atoms with Crippen LogP contribution in [-0.4, -0.2) is 30.1 Å². The van der Waals surface area contributed by atoms with Crippen molar-refractivity contribution in [3.8, 4) is 5.75 Å². The number of nitrogens with zero attached hydrogens (tertiary/aromatic N) is 1. The van der Waals surface area contributed by atoms with Gasteiger partial charge in [0.05, 0.1) is 27.4 Å². The molecule has 0 fully saturated rings. The summed E-state index contributed by atoms with van der Waals surface area (Å²) in [4.78, 5) is 28.8. The number of halogens is 1. The van der Waals surface area contributed by atoms with Crippen LogP contribution in [0.1, 0.15) is 41.3 Å². The molecule has 0 bridgehead atoms. The Bertz CT molecular complexity index is 1060. The molecule has 0 spiro atoms. The van der Waals surface area contributed by atoms with Gasteiger partial charge in [-0.05, 0) is 55.7 Å². The number of esters is 1. The zero-order chi connectivity index (χ0) is 21.7. The van der Waals surface area contributed by atoms with Crippen LogP contribution in [0.15, 0.2) is 30.3 Å². The summed E-state index contributed by atoms with van der Waals surface area (Å²) in [6, 6.07) is 8.87. The third kappa shape index (κ3) is 5.49. The number of ether oxygens (including phenoxy) is 2. The molecule has 0 saturated heterocycles. The fourth-order valence-electron chi connectivity index (χ4n) is 2.88. The van der Waals surface area contributed by atoms with Crippen LogP contribution in [0.2, 0.25) is 5.02 Å². The van der Waals surface area contributed by atoms with E-state index >= 15 is 0 Å². The van der Waals surface area contributed by atoms with E-state index in [9.17, 15) is 9.59 Å². The largest absolute Gasteiger partial charge is 0.482 e. The second-order valence-electron chi connectivity index (χ2n) is 6.92. The maximum absolute atomic E-state index is 12.3. The first-order valence-electron chi connectivity index (χ1n) is 9.64. The molecule has 0 aliphatic carbocycles. The van der Waals surface area contributed by atoms with Crippen LogP contribution in [0.3, 0.4) is 0 Å². The number of hydrogen-bond donors (Lipinski definition) is 1. The molecular formula is C22H23ClN2O4S. The number of hydrogen-bond acceptors (Lipinski definition) is 6. The fourth-order valence-corrected chi connectivity index (χ4v) is 4.17. The van der Waals surface area contributed by atoms with E-state index in [1.54, 1.807) is 24.3 Å². The lowest BCUT2D eigenvalue weighted by Gasteiger charge is -2.11. The van der Waals surface area contributed by atoms with Gasteiger partial charge >= 0.3 is 5.97 Å². The lowest BCUT2D eigenvalue weighted by Crippen LogP contribution is -2.20. The van der Waals surface area contributed by atoms with Gasteiger partial charge in [0.2, 0.25) is 0 Å². The molecule has 3 aromatic rings. The predicted octanol–water partition coefficient (Wildman–Crippen LogP) is 5.54. The van der Waals surface area contributed by atoms with Crippen molar-refractivity contribution in [3.63, 3.8) is 0 Å². The van der Waals surface area contributed by atoms with Crippen molar-refractivity contribution < 1.29 is 19.1 Å². The summed E-state index contributed by atoms with van der Waals surface area (Å²) < 4.78 is 11.6. The number of amides is 1. The number of benzene rings is 2. The van der Waals surface area contributed by atoms with Gasteiger partial charge in [-0.15, -0.1) is 0 Å². The molecular weight excluding hydrogens is 424 g/mol. The molecule has 1 aromatic heterocycles. The van der Waals surface area contributed by atoms with Crippen LogP contribution in [0.4, 0.5) is 5.13 Å². The van der Waals surface area contributed by atoms with E-state index in [-0.39, 0.29) is 18.5 Å². The summed E-state index contributed by atoms with van der Waals surface area (Å²) in [6.07, 6.45) is 1.80. The number of carbonyl (C=O) groups excluding carboxylic acids is 2. The SMILES string of the molecule is CCCCOC(=O)c1ccc2nc(NC(=O)COc3c(C)cc(C)cc3Cl)sc2c1. The number of carbonyl (C=O) groups is 2. The Hall–Kier alpha value is -2.64. The third-order valence-electron chi connectivity index (χ3n) is 4.32. The number of rotatable bonds is 8. The topological polar surface area (TPSA) is 77.5 Å². The van der Waals surface area contributed by atoms with Crippen molar-refractivity contribution in [2.45, 2.75) is 33.6 Å². The molecule has 1 amide bonds. The molecule has 6 nitrogen and oxygen atoms in total. The van der Waals surface area contributed by atoms with Crippen molar-refractivity contribution in [1.82, 2.24) is 4.98 Å². The molecule has 158 valence electrons. The lowest BCUT2D eigenvalue weighted by atomic mass is 10.1. The molecule has 0 atom stereocenters. The van der Waals surface area contributed by atoms with E-state index in [1.165, 1.54) is 11.3 Å². The first-order chi connectivity index (χ1) is 14.4. The zero-order valence-electron chi connectivity index (χ0n) is 17.1. The Balaban J connectivity index is 1.63. The average Bonchev–Trinajstić information content (AvgIpc) is 3.08. The maximum Gasteiger partial charge on any atom is 0.338 e. The van der Waals surface area contributed by atoms with Crippen LogP contribution in [0.5, 0.6) is 5.75 Å². The summed E-state index contributed by atoms with van der Waals surface area (Å²) in [5.74, 6) is -0.208. The zero-order valence-corrected chi connectivity index (χ0v) is 18.7. The van der Waals surface area contributed by atoms with E-state index in [4.69, 9.17) is 21.1 Å². The highest BCUT2D eigenvalue weighted by Crippen LogP contribution is 2.30. The van der Waals surface area contributed by atoms with Gasteiger partial charge in [-0.1, -0.05) is 42.3 Å². The number of fused-ring (bicyclic) bond motifs is 1. The van der Waals surface area contributed by atoms with Gasteiger partial charge in [0.15, 0.2) is 11.7 Å². The Morgan fingerprint density at radius 1 is 1.20 bits per heavy atom. The second kappa shape index (κ2) is 9.91. The van der Waals surface area contributed by atoms with Crippen LogP contribution in [0, 0.1) is 13.8 Å². The number of aryl methyl sites for hydroxylation is 2. The lowest BCUT2D eigenvalue weighted by molar-refractivity contribution is -0.118. The summed E-state index contributed by atoms with van der Waals surface area (Å²) >= 11 is 7.49. The number of anilines is 1. The van der Waals surface area contributed by atoms with E-state index in [1.807, 2.05) is 26.8 Å². The quantitative estimate of drug-likeness (QED) is 0.363. The number of aromatic nitrogens is 1. The van der Waals surface area contributed by atoms with Crippen molar-refractivity contribution in [3.05, 3.63) is 52.0 Å². The molecule has 3 rings (SSSR count). The molecule has 8 heteroatoms. The van der Waals surface area contributed by atoms with Crippen molar-refractivity contribution in [2.75, 3.05) is 18.5 Å². The maximum atomic E-state index is 12.3. The molecule has 0 radical (unpaired) electrons. The summed E-state index contributed by atoms with van der Waals surface area (Å²) in [6.45, 7) is 6.08. The second-order valence-corrected chi connectivity index (χ2v) is 8.36. The van der Waals surface area contributed by atoms with Crippen LogP contribution >= 0.6 is 22.9 Å². The smallest absolute Gasteiger partial charge is 0.338 e. The molecule has 0 aliphatic rings. The van der Waals surface area contributed by atoms with E-state index < -0.39 is 0 Å². The first kappa shape index (κ1) is 22.1.